The number of para-hydroxylation sites is 1. The molecular weight excluding hydrogens is 418 g/mol. The summed E-state index contributed by atoms with van der Waals surface area (Å²) in [5.41, 5.74) is 2.19. The topological polar surface area (TPSA) is 80.1 Å². The zero-order valence-electron chi connectivity index (χ0n) is 17.3. The zero-order chi connectivity index (χ0) is 21.3. The molecule has 1 aliphatic rings. The van der Waals surface area contributed by atoms with E-state index in [-0.39, 0.29) is 23.3 Å². The fourth-order valence-corrected chi connectivity index (χ4v) is 5.40. The van der Waals surface area contributed by atoms with Crippen LogP contribution in [0.1, 0.15) is 38.3 Å². The Balaban J connectivity index is 1.59. The summed E-state index contributed by atoms with van der Waals surface area (Å²) in [5, 5.41) is 4.32. The summed E-state index contributed by atoms with van der Waals surface area (Å²) in [7, 11) is 0. The van der Waals surface area contributed by atoms with Crippen molar-refractivity contribution in [3.8, 4) is 0 Å². The van der Waals surface area contributed by atoms with E-state index in [4.69, 9.17) is 0 Å². The maximum absolute atomic E-state index is 13.2. The number of benzene rings is 1. The molecule has 7 nitrogen and oxygen atoms in total. The van der Waals surface area contributed by atoms with Crippen LogP contribution in [0.15, 0.2) is 34.2 Å². The number of carbonyl (C=O) groups excluding carboxylic acids is 1. The maximum atomic E-state index is 13.2. The van der Waals surface area contributed by atoms with Crippen LogP contribution in [0.25, 0.3) is 10.3 Å². The highest BCUT2D eigenvalue weighted by Crippen LogP contribution is 2.30. The van der Waals surface area contributed by atoms with Crippen LogP contribution >= 0.6 is 23.1 Å². The molecule has 1 amide bonds. The third-order valence-corrected chi connectivity index (χ3v) is 7.11. The van der Waals surface area contributed by atoms with Gasteiger partial charge in [0.05, 0.1) is 5.75 Å². The van der Waals surface area contributed by atoms with Crippen molar-refractivity contribution >= 4 is 50.2 Å². The minimum absolute atomic E-state index is 0.0614. The van der Waals surface area contributed by atoms with E-state index in [0.29, 0.717) is 15.5 Å². The smallest absolute Gasteiger partial charge is 0.274 e. The molecule has 158 valence electrons. The highest BCUT2D eigenvalue weighted by Gasteiger charge is 2.22. The van der Waals surface area contributed by atoms with Crippen LogP contribution in [-0.4, -0.2) is 39.3 Å². The van der Waals surface area contributed by atoms with Gasteiger partial charge in [-0.2, -0.15) is 4.98 Å². The van der Waals surface area contributed by atoms with Crippen LogP contribution in [-0.2, 0) is 4.79 Å². The average molecular weight is 444 g/mol. The number of amides is 1. The van der Waals surface area contributed by atoms with E-state index in [1.165, 1.54) is 23.1 Å². The number of nitrogens with one attached hydrogen (secondary N) is 1. The van der Waals surface area contributed by atoms with Gasteiger partial charge in [0.2, 0.25) is 5.91 Å². The number of rotatable bonds is 6. The van der Waals surface area contributed by atoms with Crippen molar-refractivity contribution in [2.75, 3.05) is 29.1 Å². The number of anilines is 2. The third-order valence-electron chi connectivity index (χ3n) is 5.06. The first-order chi connectivity index (χ1) is 14.4. The van der Waals surface area contributed by atoms with E-state index in [1.807, 2.05) is 45.0 Å². The van der Waals surface area contributed by atoms with Crippen LogP contribution in [0, 0.1) is 6.92 Å². The minimum Gasteiger partial charge on any atom is -0.348 e. The Morgan fingerprint density at radius 2 is 1.97 bits per heavy atom. The van der Waals surface area contributed by atoms with Gasteiger partial charge in [-0.15, -0.1) is 0 Å². The Hall–Kier alpha value is -2.39. The van der Waals surface area contributed by atoms with Crippen molar-refractivity contribution in [2.45, 2.75) is 44.8 Å². The minimum atomic E-state index is -0.130. The summed E-state index contributed by atoms with van der Waals surface area (Å²) in [6.07, 6.45) is 2.30. The van der Waals surface area contributed by atoms with Crippen molar-refractivity contribution in [3.05, 3.63) is 40.2 Å². The number of thioether (sulfide) groups is 1. The molecule has 1 aromatic carbocycles. The van der Waals surface area contributed by atoms with Crippen LogP contribution in [0.4, 0.5) is 10.8 Å². The molecule has 30 heavy (non-hydrogen) atoms. The molecule has 1 N–H and O–H groups in total. The number of fused-ring (bicyclic) bond motifs is 1. The second-order valence-electron chi connectivity index (χ2n) is 7.66. The Labute approximate surface area is 183 Å². The van der Waals surface area contributed by atoms with Gasteiger partial charge in [0, 0.05) is 24.8 Å². The maximum Gasteiger partial charge on any atom is 0.274 e. The van der Waals surface area contributed by atoms with E-state index in [1.54, 1.807) is 4.57 Å². The van der Waals surface area contributed by atoms with E-state index < -0.39 is 0 Å². The largest absolute Gasteiger partial charge is 0.348 e. The Bertz CT molecular complexity index is 1130. The molecule has 4 rings (SSSR count). The highest BCUT2D eigenvalue weighted by molar-refractivity contribution is 7.99. The number of carbonyl (C=O) groups is 1. The van der Waals surface area contributed by atoms with Crippen LogP contribution < -0.4 is 15.8 Å². The SMILES string of the molecule is Cc1ccccc1NC(=O)CSc1nc2nc(N3CCCC3)sc2c(=O)n1C(C)C. The molecule has 9 heteroatoms. The molecule has 0 spiro atoms. The fraction of sp³-hybridized carbons (Fsp3) is 0.429. The molecule has 0 aliphatic carbocycles. The second-order valence-corrected chi connectivity index (χ2v) is 9.58. The first kappa shape index (κ1) is 20.9. The van der Waals surface area contributed by atoms with Crippen LogP contribution in [0.2, 0.25) is 0 Å². The Morgan fingerprint density at radius 1 is 1.23 bits per heavy atom. The molecule has 1 saturated heterocycles. The predicted molar refractivity (Wildman–Crippen MR) is 124 cm³/mol. The van der Waals surface area contributed by atoms with E-state index in [9.17, 15) is 9.59 Å². The molecule has 3 aromatic rings. The number of hydrogen-bond donors (Lipinski definition) is 1. The molecule has 1 aliphatic heterocycles. The monoisotopic (exact) mass is 443 g/mol. The molecule has 2 aromatic heterocycles. The van der Waals surface area contributed by atoms with Gasteiger partial charge in [-0.1, -0.05) is 41.3 Å². The quantitative estimate of drug-likeness (QED) is 0.457. The first-order valence-corrected chi connectivity index (χ1v) is 11.9. The normalized spacial score (nSPS) is 14.1. The molecule has 1 fully saturated rings. The van der Waals surface area contributed by atoms with Crippen molar-refractivity contribution in [3.63, 3.8) is 0 Å². The summed E-state index contributed by atoms with van der Waals surface area (Å²) in [4.78, 5) is 37.1. The van der Waals surface area contributed by atoms with Crippen molar-refractivity contribution < 1.29 is 4.79 Å². The molecule has 0 bridgehead atoms. The number of aromatic nitrogens is 3. The second kappa shape index (κ2) is 8.77. The molecule has 0 saturated carbocycles. The van der Waals surface area contributed by atoms with Gasteiger partial charge in [0.1, 0.15) is 4.70 Å². The number of nitrogens with zero attached hydrogens (tertiary/aromatic N) is 4. The van der Waals surface area contributed by atoms with E-state index in [2.05, 4.69) is 20.2 Å². The standard InChI is InChI=1S/C21H25N5O2S2/c1-13(2)26-19(28)17-18(23-20(30-17)25-10-6-7-11-25)24-21(26)29-12-16(27)22-15-9-5-4-8-14(15)3/h4-5,8-9,13H,6-7,10-12H2,1-3H3,(H,22,27). The third kappa shape index (κ3) is 4.22. The number of thiazole rings is 1. The molecule has 3 heterocycles. The Kier molecular flexibility index (Phi) is 6.10. The molecule has 0 atom stereocenters. The fourth-order valence-electron chi connectivity index (χ4n) is 3.49. The van der Waals surface area contributed by atoms with Crippen molar-refractivity contribution in [1.29, 1.82) is 0 Å². The van der Waals surface area contributed by atoms with Crippen LogP contribution in [0.5, 0.6) is 0 Å². The average Bonchev–Trinajstić information content (AvgIpc) is 3.37. The van der Waals surface area contributed by atoms with Gasteiger partial charge < -0.3 is 10.2 Å². The summed E-state index contributed by atoms with van der Waals surface area (Å²) < 4.78 is 2.25. The van der Waals surface area contributed by atoms with E-state index >= 15 is 0 Å². The number of aryl methyl sites for hydroxylation is 1. The first-order valence-electron chi connectivity index (χ1n) is 10.1. The van der Waals surface area contributed by atoms with Gasteiger partial charge in [-0.05, 0) is 45.2 Å². The molecular formula is C21H25N5O2S2. The van der Waals surface area contributed by atoms with Gasteiger partial charge >= 0.3 is 0 Å². The Morgan fingerprint density at radius 3 is 2.67 bits per heavy atom. The number of hydrogen-bond acceptors (Lipinski definition) is 7. The lowest BCUT2D eigenvalue weighted by Gasteiger charge is -2.14. The zero-order valence-corrected chi connectivity index (χ0v) is 19.0. The summed E-state index contributed by atoms with van der Waals surface area (Å²) in [6.45, 7) is 7.80. The van der Waals surface area contributed by atoms with Crippen LogP contribution in [0.3, 0.4) is 0 Å². The van der Waals surface area contributed by atoms with E-state index in [0.717, 1.165) is 42.3 Å². The predicted octanol–water partition coefficient (Wildman–Crippen LogP) is 4.07. The summed E-state index contributed by atoms with van der Waals surface area (Å²) in [6, 6.07) is 7.59. The van der Waals surface area contributed by atoms with Crippen molar-refractivity contribution in [1.82, 2.24) is 14.5 Å². The lowest BCUT2D eigenvalue weighted by molar-refractivity contribution is -0.113. The summed E-state index contributed by atoms with van der Waals surface area (Å²) in [5.74, 6) is 0.0391. The lowest BCUT2D eigenvalue weighted by Crippen LogP contribution is -2.25. The van der Waals surface area contributed by atoms with Gasteiger partial charge in [0.15, 0.2) is 15.9 Å². The summed E-state index contributed by atoms with van der Waals surface area (Å²) >= 11 is 2.69. The van der Waals surface area contributed by atoms with Gasteiger partial charge in [-0.3, -0.25) is 14.2 Å². The molecule has 0 radical (unpaired) electrons. The van der Waals surface area contributed by atoms with Gasteiger partial charge in [-0.25, -0.2) is 4.98 Å². The highest BCUT2D eigenvalue weighted by atomic mass is 32.2. The lowest BCUT2D eigenvalue weighted by atomic mass is 10.2. The van der Waals surface area contributed by atoms with Crippen molar-refractivity contribution in [2.24, 2.45) is 0 Å². The molecule has 0 unspecified atom stereocenters. The van der Waals surface area contributed by atoms with Gasteiger partial charge in [0.25, 0.3) is 5.56 Å².